The molecule has 1 heterocycles. The third-order valence-electron chi connectivity index (χ3n) is 4.34. The van der Waals surface area contributed by atoms with Crippen molar-refractivity contribution in [1.29, 1.82) is 0 Å². The van der Waals surface area contributed by atoms with Gasteiger partial charge in [-0.2, -0.15) is 0 Å². The number of non-ortho nitro benzene ring substituents is 1. The fraction of sp³-hybridized carbons (Fsp3) is 0.0435. The summed E-state index contributed by atoms with van der Waals surface area (Å²) in [6.45, 7) is 2.02. The van der Waals surface area contributed by atoms with Crippen LogP contribution < -0.4 is 0 Å². The number of benzene rings is 3. The van der Waals surface area contributed by atoms with Gasteiger partial charge >= 0.3 is 0 Å². The Labute approximate surface area is 167 Å². The van der Waals surface area contributed by atoms with Crippen molar-refractivity contribution in [3.63, 3.8) is 0 Å². The minimum atomic E-state index is -0.417. The molecule has 4 aromatic rings. The second kappa shape index (κ2) is 7.90. The Hall–Kier alpha value is -4.06. The standard InChI is InChI=1S/C23H17N3O3/c1-16-7-12-21-22(14-16)29-23(25-21)18-5-2-6-19(15-18)24-13-3-4-17-8-10-20(11-9-17)26(27)28/h2-15H,1H3/b4-3+,24-13?. The molecule has 0 radical (unpaired) electrons. The van der Waals surface area contributed by atoms with E-state index in [1.807, 2.05) is 55.5 Å². The summed E-state index contributed by atoms with van der Waals surface area (Å²) >= 11 is 0. The number of rotatable bonds is 5. The first-order valence-corrected chi connectivity index (χ1v) is 9.01. The Kier molecular flexibility index (Phi) is 4.99. The van der Waals surface area contributed by atoms with Gasteiger partial charge in [0.1, 0.15) is 5.52 Å². The monoisotopic (exact) mass is 383 g/mol. The zero-order chi connectivity index (χ0) is 20.2. The molecular weight excluding hydrogens is 366 g/mol. The highest BCUT2D eigenvalue weighted by Gasteiger charge is 2.08. The smallest absolute Gasteiger partial charge is 0.269 e. The van der Waals surface area contributed by atoms with Gasteiger partial charge in [0.05, 0.1) is 10.6 Å². The van der Waals surface area contributed by atoms with Gasteiger partial charge < -0.3 is 4.42 Å². The number of fused-ring (bicyclic) bond motifs is 1. The SMILES string of the molecule is Cc1ccc2nc(-c3cccc(N=C/C=C/c4ccc([N+](=O)[O-])cc4)c3)oc2c1. The van der Waals surface area contributed by atoms with Crippen molar-refractivity contribution in [3.05, 3.63) is 94.0 Å². The van der Waals surface area contributed by atoms with Crippen LogP contribution in [0.1, 0.15) is 11.1 Å². The molecule has 29 heavy (non-hydrogen) atoms. The van der Waals surface area contributed by atoms with Crippen LogP contribution >= 0.6 is 0 Å². The average Bonchev–Trinajstić information content (AvgIpc) is 3.15. The Morgan fingerprint density at radius 1 is 1.07 bits per heavy atom. The van der Waals surface area contributed by atoms with Crippen molar-refractivity contribution in [2.45, 2.75) is 6.92 Å². The van der Waals surface area contributed by atoms with E-state index in [-0.39, 0.29) is 5.69 Å². The maximum Gasteiger partial charge on any atom is 0.269 e. The fourth-order valence-electron chi connectivity index (χ4n) is 2.86. The average molecular weight is 383 g/mol. The summed E-state index contributed by atoms with van der Waals surface area (Å²) in [6.07, 6.45) is 5.30. The number of aromatic nitrogens is 1. The number of hydrogen-bond donors (Lipinski definition) is 0. The molecule has 0 N–H and O–H groups in total. The van der Waals surface area contributed by atoms with Gasteiger partial charge in [0.2, 0.25) is 5.89 Å². The van der Waals surface area contributed by atoms with Gasteiger partial charge in [0.15, 0.2) is 5.58 Å². The molecule has 0 saturated heterocycles. The zero-order valence-corrected chi connectivity index (χ0v) is 15.6. The van der Waals surface area contributed by atoms with E-state index < -0.39 is 4.92 Å². The van der Waals surface area contributed by atoms with Crippen molar-refractivity contribution in [2.24, 2.45) is 4.99 Å². The van der Waals surface area contributed by atoms with E-state index >= 15 is 0 Å². The van der Waals surface area contributed by atoms with Crippen LogP contribution in [0.2, 0.25) is 0 Å². The third kappa shape index (κ3) is 4.27. The van der Waals surface area contributed by atoms with Crippen LogP contribution in [0.15, 0.2) is 82.2 Å². The molecule has 0 bridgehead atoms. The zero-order valence-electron chi connectivity index (χ0n) is 15.6. The van der Waals surface area contributed by atoms with Gasteiger partial charge in [0.25, 0.3) is 5.69 Å². The van der Waals surface area contributed by atoms with E-state index in [0.29, 0.717) is 5.89 Å². The van der Waals surface area contributed by atoms with Gasteiger partial charge in [-0.1, -0.05) is 18.2 Å². The van der Waals surface area contributed by atoms with E-state index in [9.17, 15) is 10.1 Å². The van der Waals surface area contributed by atoms with Crippen molar-refractivity contribution >= 4 is 34.8 Å². The highest BCUT2D eigenvalue weighted by molar-refractivity contribution is 5.81. The first-order chi connectivity index (χ1) is 14.1. The molecule has 0 saturated carbocycles. The molecule has 0 aliphatic carbocycles. The lowest BCUT2D eigenvalue weighted by molar-refractivity contribution is -0.384. The summed E-state index contributed by atoms with van der Waals surface area (Å²) in [4.78, 5) is 19.2. The molecule has 1 aromatic heterocycles. The van der Waals surface area contributed by atoms with Crippen LogP contribution in [0.25, 0.3) is 28.6 Å². The molecule has 0 aliphatic heterocycles. The van der Waals surface area contributed by atoms with Crippen molar-refractivity contribution < 1.29 is 9.34 Å². The Balaban J connectivity index is 1.50. The van der Waals surface area contributed by atoms with E-state index in [1.165, 1.54) is 12.1 Å². The van der Waals surface area contributed by atoms with Gasteiger partial charge in [0, 0.05) is 23.9 Å². The minimum absolute atomic E-state index is 0.0713. The van der Waals surface area contributed by atoms with E-state index in [2.05, 4.69) is 9.98 Å². The van der Waals surface area contributed by atoms with Crippen LogP contribution in [0.3, 0.4) is 0 Å². The van der Waals surface area contributed by atoms with Crippen LogP contribution in [0.5, 0.6) is 0 Å². The van der Waals surface area contributed by atoms with Crippen molar-refractivity contribution in [3.8, 4) is 11.5 Å². The molecule has 6 heteroatoms. The lowest BCUT2D eigenvalue weighted by Crippen LogP contribution is -1.86. The summed E-state index contributed by atoms with van der Waals surface area (Å²) in [6, 6.07) is 19.9. The van der Waals surface area contributed by atoms with Gasteiger partial charge in [-0.15, -0.1) is 0 Å². The number of nitro benzene ring substituents is 1. The number of oxazole rings is 1. The van der Waals surface area contributed by atoms with Crippen LogP contribution in [-0.2, 0) is 0 Å². The lowest BCUT2D eigenvalue weighted by atomic mass is 10.2. The molecule has 3 aromatic carbocycles. The second-order valence-electron chi connectivity index (χ2n) is 6.53. The second-order valence-corrected chi connectivity index (χ2v) is 6.53. The summed E-state index contributed by atoms with van der Waals surface area (Å²) < 4.78 is 5.87. The largest absolute Gasteiger partial charge is 0.436 e. The Morgan fingerprint density at radius 2 is 1.90 bits per heavy atom. The summed E-state index contributed by atoms with van der Waals surface area (Å²) in [7, 11) is 0. The van der Waals surface area contributed by atoms with E-state index in [0.717, 1.165) is 33.5 Å². The molecular formula is C23H17N3O3. The fourth-order valence-corrected chi connectivity index (χ4v) is 2.86. The summed E-state index contributed by atoms with van der Waals surface area (Å²) in [5.74, 6) is 0.559. The molecule has 142 valence electrons. The van der Waals surface area contributed by atoms with Gasteiger partial charge in [-0.3, -0.25) is 15.1 Å². The van der Waals surface area contributed by atoms with Gasteiger partial charge in [-0.25, -0.2) is 4.98 Å². The number of aryl methyl sites for hydroxylation is 1. The van der Waals surface area contributed by atoms with E-state index in [4.69, 9.17) is 4.42 Å². The maximum atomic E-state index is 10.7. The molecule has 0 spiro atoms. The molecule has 0 atom stereocenters. The highest BCUT2D eigenvalue weighted by atomic mass is 16.6. The van der Waals surface area contributed by atoms with Crippen LogP contribution in [0.4, 0.5) is 11.4 Å². The lowest BCUT2D eigenvalue weighted by Gasteiger charge is -1.97. The number of hydrogen-bond acceptors (Lipinski definition) is 5. The van der Waals surface area contributed by atoms with Crippen molar-refractivity contribution in [2.75, 3.05) is 0 Å². The summed E-state index contributed by atoms with van der Waals surface area (Å²) in [5, 5.41) is 10.7. The molecule has 4 rings (SSSR count). The number of nitro groups is 1. The number of allylic oxidation sites excluding steroid dienone is 1. The predicted molar refractivity (Wildman–Crippen MR) is 114 cm³/mol. The predicted octanol–water partition coefficient (Wildman–Crippen LogP) is 6.13. The van der Waals surface area contributed by atoms with E-state index in [1.54, 1.807) is 24.4 Å². The Bertz CT molecular complexity index is 1240. The summed E-state index contributed by atoms with van der Waals surface area (Å²) in [5.41, 5.74) is 5.27. The maximum absolute atomic E-state index is 10.7. The molecule has 6 nitrogen and oxygen atoms in total. The third-order valence-corrected chi connectivity index (χ3v) is 4.34. The highest BCUT2D eigenvalue weighted by Crippen LogP contribution is 2.27. The molecule has 0 unspecified atom stereocenters. The quantitative estimate of drug-likeness (QED) is 0.236. The number of nitrogens with zero attached hydrogens (tertiary/aromatic N) is 3. The number of aliphatic imine (C=N–C) groups is 1. The first kappa shape index (κ1) is 18.3. The van der Waals surface area contributed by atoms with Crippen molar-refractivity contribution in [1.82, 2.24) is 4.98 Å². The topological polar surface area (TPSA) is 81.5 Å². The van der Waals surface area contributed by atoms with Crippen LogP contribution in [0, 0.1) is 17.0 Å². The molecule has 0 amide bonds. The Morgan fingerprint density at radius 3 is 2.69 bits per heavy atom. The minimum Gasteiger partial charge on any atom is -0.436 e. The molecule has 0 fully saturated rings. The first-order valence-electron chi connectivity index (χ1n) is 9.01. The normalized spacial score (nSPS) is 11.6. The van der Waals surface area contributed by atoms with Crippen LogP contribution in [-0.4, -0.2) is 16.1 Å². The molecule has 0 aliphatic rings. The van der Waals surface area contributed by atoms with Gasteiger partial charge in [-0.05, 0) is 66.6 Å².